The van der Waals surface area contributed by atoms with Crippen molar-refractivity contribution in [1.29, 1.82) is 0 Å². The first-order valence-corrected chi connectivity index (χ1v) is 13.1. The summed E-state index contributed by atoms with van der Waals surface area (Å²) in [6.45, 7) is 8.37. The van der Waals surface area contributed by atoms with Crippen molar-refractivity contribution < 1.29 is 19.1 Å². The number of carbonyl (C=O) groups is 2. The summed E-state index contributed by atoms with van der Waals surface area (Å²) in [6.07, 6.45) is 0.293. The maximum absolute atomic E-state index is 13.4. The number of amides is 2. The molecule has 0 saturated carbocycles. The largest absolute Gasteiger partial charge is 0.494 e. The van der Waals surface area contributed by atoms with E-state index < -0.39 is 0 Å². The van der Waals surface area contributed by atoms with Crippen LogP contribution in [-0.4, -0.2) is 36.7 Å². The molecule has 34 heavy (non-hydrogen) atoms. The highest BCUT2D eigenvalue weighted by Crippen LogP contribution is 2.38. The lowest BCUT2D eigenvalue weighted by molar-refractivity contribution is 0.102. The smallest absolute Gasteiger partial charge is 0.410 e. The maximum Gasteiger partial charge on any atom is 0.410 e. The van der Waals surface area contributed by atoms with Crippen molar-refractivity contribution in [2.75, 3.05) is 30.4 Å². The Morgan fingerprint density at radius 1 is 1.12 bits per heavy atom. The second kappa shape index (κ2) is 10.9. The van der Waals surface area contributed by atoms with Crippen molar-refractivity contribution in [3.8, 4) is 5.75 Å². The van der Waals surface area contributed by atoms with Gasteiger partial charge in [0, 0.05) is 22.0 Å². The lowest BCUT2D eigenvalue weighted by atomic mass is 10.0. The first-order chi connectivity index (χ1) is 16.5. The molecule has 2 aromatic heterocycles. The van der Waals surface area contributed by atoms with Crippen LogP contribution in [-0.2, 0) is 24.2 Å². The van der Waals surface area contributed by atoms with Gasteiger partial charge in [0.25, 0.3) is 5.91 Å². The van der Waals surface area contributed by atoms with Crippen molar-refractivity contribution in [3.63, 3.8) is 0 Å². The minimum Gasteiger partial charge on any atom is -0.494 e. The van der Waals surface area contributed by atoms with E-state index in [-0.39, 0.29) is 12.0 Å². The van der Waals surface area contributed by atoms with Crippen LogP contribution in [0.4, 0.5) is 15.5 Å². The molecule has 0 atom stereocenters. The van der Waals surface area contributed by atoms with E-state index in [4.69, 9.17) is 9.47 Å². The van der Waals surface area contributed by atoms with Crippen LogP contribution in [0.25, 0.3) is 0 Å². The molecule has 0 spiro atoms. The third-order valence-electron chi connectivity index (χ3n) is 5.61. The van der Waals surface area contributed by atoms with Gasteiger partial charge in [-0.25, -0.2) is 4.79 Å². The van der Waals surface area contributed by atoms with Crippen LogP contribution in [0.2, 0.25) is 0 Å². The summed E-state index contributed by atoms with van der Waals surface area (Å²) in [5, 5.41) is 9.42. The summed E-state index contributed by atoms with van der Waals surface area (Å²) in [6, 6.07) is 9.47. The Labute approximate surface area is 207 Å². The van der Waals surface area contributed by atoms with Gasteiger partial charge in [-0.15, -0.1) is 22.7 Å². The van der Waals surface area contributed by atoms with E-state index in [1.54, 1.807) is 34.5 Å². The fraction of sp³-hybridized carbons (Fsp3) is 0.360. The summed E-state index contributed by atoms with van der Waals surface area (Å²) >= 11 is 3.24. The summed E-state index contributed by atoms with van der Waals surface area (Å²) in [7, 11) is 0. The van der Waals surface area contributed by atoms with Crippen LogP contribution < -0.4 is 15.4 Å². The van der Waals surface area contributed by atoms with Gasteiger partial charge in [0.05, 0.1) is 31.9 Å². The highest BCUT2D eigenvalue weighted by atomic mass is 32.1. The highest BCUT2D eigenvalue weighted by Gasteiger charge is 2.30. The zero-order chi connectivity index (χ0) is 24.1. The normalized spacial score (nSPS) is 12.7. The molecule has 0 bridgehead atoms. The minimum absolute atomic E-state index is 0.156. The Balaban J connectivity index is 1.59. The molecule has 4 rings (SSSR count). The molecular formula is C25H29N3O4S2. The number of fused-ring (bicyclic) bond motifs is 1. The lowest BCUT2D eigenvalue weighted by Gasteiger charge is -2.26. The van der Waals surface area contributed by atoms with Crippen molar-refractivity contribution in [2.45, 2.75) is 40.3 Å². The van der Waals surface area contributed by atoms with Crippen molar-refractivity contribution in [1.82, 2.24) is 4.90 Å². The molecule has 1 aliphatic rings. The van der Waals surface area contributed by atoms with Crippen LogP contribution in [0.15, 0.2) is 35.7 Å². The van der Waals surface area contributed by atoms with E-state index in [1.165, 1.54) is 10.4 Å². The molecular weight excluding hydrogens is 470 g/mol. The zero-order valence-corrected chi connectivity index (χ0v) is 21.2. The molecule has 180 valence electrons. The van der Waals surface area contributed by atoms with Crippen molar-refractivity contribution in [3.05, 3.63) is 62.2 Å². The second-order valence-corrected chi connectivity index (χ2v) is 9.98. The highest BCUT2D eigenvalue weighted by molar-refractivity contribution is 7.16. The number of hydrogen-bond acceptors (Lipinski definition) is 7. The molecule has 0 aliphatic carbocycles. The molecule has 0 radical (unpaired) electrons. The summed E-state index contributed by atoms with van der Waals surface area (Å²) in [5.74, 6) is 0.609. The average Bonchev–Trinajstić information content (AvgIpc) is 3.41. The van der Waals surface area contributed by atoms with Crippen LogP contribution in [0, 0.1) is 6.92 Å². The van der Waals surface area contributed by atoms with Gasteiger partial charge in [0.2, 0.25) is 0 Å². The van der Waals surface area contributed by atoms with Gasteiger partial charge in [-0.05, 0) is 74.0 Å². The van der Waals surface area contributed by atoms with Gasteiger partial charge in [-0.2, -0.15) is 0 Å². The summed E-state index contributed by atoms with van der Waals surface area (Å²) in [4.78, 5) is 29.7. The third-order valence-corrected chi connectivity index (χ3v) is 7.81. The summed E-state index contributed by atoms with van der Waals surface area (Å²) < 4.78 is 10.7. The van der Waals surface area contributed by atoms with Crippen molar-refractivity contribution >= 4 is 45.4 Å². The van der Waals surface area contributed by atoms with E-state index in [1.807, 2.05) is 31.2 Å². The molecule has 2 N–H and O–H groups in total. The van der Waals surface area contributed by atoms with E-state index in [9.17, 15) is 9.59 Å². The Kier molecular flexibility index (Phi) is 7.74. The molecule has 1 aliphatic heterocycles. The number of ether oxygens (including phenoxy) is 2. The molecule has 3 aromatic rings. The number of aryl methyl sites for hydroxylation is 1. The molecule has 0 fully saturated rings. The number of nitrogens with zero attached hydrogens (tertiary/aromatic N) is 1. The van der Waals surface area contributed by atoms with E-state index in [0.29, 0.717) is 50.5 Å². The Hall–Kier alpha value is -3.04. The SMILES string of the molecule is CCOC(=O)N1CCc2c(sc(NCc3sccc3C)c2C(=O)Nc2ccc(OCC)cc2)C1. The molecule has 0 unspecified atom stereocenters. The second-order valence-electron chi connectivity index (χ2n) is 7.87. The number of benzene rings is 1. The fourth-order valence-corrected chi connectivity index (χ4v) is 5.98. The minimum atomic E-state index is -0.314. The Bertz CT molecular complexity index is 1150. The van der Waals surface area contributed by atoms with Gasteiger partial charge < -0.3 is 25.0 Å². The van der Waals surface area contributed by atoms with Gasteiger partial charge in [0.1, 0.15) is 10.8 Å². The quantitative estimate of drug-likeness (QED) is 0.404. The number of thiophene rings is 2. The fourth-order valence-electron chi connectivity index (χ4n) is 3.88. The number of anilines is 2. The van der Waals surface area contributed by atoms with E-state index in [0.717, 1.165) is 21.2 Å². The first-order valence-electron chi connectivity index (χ1n) is 11.4. The molecule has 2 amide bonds. The molecule has 1 aromatic carbocycles. The Morgan fingerprint density at radius 2 is 1.91 bits per heavy atom. The Morgan fingerprint density at radius 3 is 2.59 bits per heavy atom. The van der Waals surface area contributed by atoms with Crippen LogP contribution >= 0.6 is 22.7 Å². The number of hydrogen-bond donors (Lipinski definition) is 2. The topological polar surface area (TPSA) is 79.9 Å². The monoisotopic (exact) mass is 499 g/mol. The van der Waals surface area contributed by atoms with Crippen LogP contribution in [0.5, 0.6) is 5.75 Å². The lowest BCUT2D eigenvalue weighted by Crippen LogP contribution is -2.36. The predicted octanol–water partition coefficient (Wildman–Crippen LogP) is 5.90. The molecule has 9 heteroatoms. The zero-order valence-electron chi connectivity index (χ0n) is 19.6. The van der Waals surface area contributed by atoms with Gasteiger partial charge >= 0.3 is 6.09 Å². The average molecular weight is 500 g/mol. The van der Waals surface area contributed by atoms with Crippen LogP contribution in [0.3, 0.4) is 0 Å². The number of rotatable bonds is 8. The standard InChI is InChI=1S/C25H29N3O4S2/c1-4-31-18-8-6-17(7-9-18)27-23(29)22-19-10-12-28(25(30)32-5-2)15-21(19)34-24(22)26-14-20-16(3)11-13-33-20/h6-9,11,13,26H,4-5,10,12,14-15H2,1-3H3,(H,27,29). The van der Waals surface area contributed by atoms with E-state index in [2.05, 4.69) is 29.0 Å². The van der Waals surface area contributed by atoms with E-state index >= 15 is 0 Å². The van der Waals surface area contributed by atoms with Gasteiger partial charge in [0.15, 0.2) is 0 Å². The van der Waals surface area contributed by atoms with Crippen LogP contribution in [0.1, 0.15) is 45.1 Å². The predicted molar refractivity (Wildman–Crippen MR) is 137 cm³/mol. The van der Waals surface area contributed by atoms with Crippen molar-refractivity contribution in [2.24, 2.45) is 0 Å². The first kappa shape index (κ1) is 24.1. The maximum atomic E-state index is 13.4. The number of nitrogens with one attached hydrogen (secondary N) is 2. The molecule has 3 heterocycles. The molecule has 7 nitrogen and oxygen atoms in total. The van der Waals surface area contributed by atoms with Gasteiger partial charge in [-0.3, -0.25) is 4.79 Å². The van der Waals surface area contributed by atoms with Gasteiger partial charge in [-0.1, -0.05) is 0 Å². The number of carbonyl (C=O) groups excluding carboxylic acids is 2. The third kappa shape index (κ3) is 5.37. The summed E-state index contributed by atoms with van der Waals surface area (Å²) in [5.41, 5.74) is 3.59. The molecule has 0 saturated heterocycles.